The average molecular weight is 302 g/mol. The number of amides is 2. The van der Waals surface area contributed by atoms with E-state index in [4.69, 9.17) is 0 Å². The molecule has 6 nitrogen and oxygen atoms in total. The summed E-state index contributed by atoms with van der Waals surface area (Å²) in [6.07, 6.45) is 1.34. The van der Waals surface area contributed by atoms with Gasteiger partial charge in [0.1, 0.15) is 5.69 Å². The lowest BCUT2D eigenvalue weighted by molar-refractivity contribution is 0.0763. The van der Waals surface area contributed by atoms with Crippen LogP contribution in [0.25, 0.3) is 0 Å². The summed E-state index contributed by atoms with van der Waals surface area (Å²) >= 11 is 0. The van der Waals surface area contributed by atoms with Crippen LogP contribution in [0.4, 0.5) is 0 Å². The van der Waals surface area contributed by atoms with E-state index >= 15 is 0 Å². The summed E-state index contributed by atoms with van der Waals surface area (Å²) < 4.78 is 25.3. The van der Waals surface area contributed by atoms with E-state index in [-0.39, 0.29) is 20.5 Å². The van der Waals surface area contributed by atoms with Crippen molar-refractivity contribution in [2.75, 3.05) is 0 Å². The van der Waals surface area contributed by atoms with Crippen molar-refractivity contribution in [1.29, 1.82) is 0 Å². The number of benzene rings is 1. The number of pyridine rings is 1. The minimum atomic E-state index is -4.23. The van der Waals surface area contributed by atoms with Gasteiger partial charge in [-0.05, 0) is 31.2 Å². The van der Waals surface area contributed by atoms with Gasteiger partial charge in [0, 0.05) is 6.20 Å². The molecular formula is C14H10N2O4S. The molecule has 2 amide bonds. The first-order chi connectivity index (χ1) is 9.93. The molecule has 0 atom stereocenters. The predicted octanol–water partition coefficient (Wildman–Crippen LogP) is 1.37. The Bertz CT molecular complexity index is 822. The summed E-state index contributed by atoms with van der Waals surface area (Å²) in [5.74, 6) is -1.79. The zero-order chi connectivity index (χ0) is 15.2. The third kappa shape index (κ3) is 1.93. The zero-order valence-corrected chi connectivity index (χ0v) is 11.8. The predicted molar refractivity (Wildman–Crippen MR) is 73.1 cm³/mol. The Kier molecular flexibility index (Phi) is 2.87. The summed E-state index contributed by atoms with van der Waals surface area (Å²) in [6.45, 7) is 1.81. The molecule has 0 saturated heterocycles. The number of carbonyl (C=O) groups is 2. The van der Waals surface area contributed by atoms with Crippen LogP contribution < -0.4 is 0 Å². The van der Waals surface area contributed by atoms with E-state index < -0.39 is 21.8 Å². The van der Waals surface area contributed by atoms with Crippen LogP contribution in [0.15, 0.2) is 47.5 Å². The minimum absolute atomic E-state index is 0.00168. The van der Waals surface area contributed by atoms with Gasteiger partial charge in [0.2, 0.25) is 0 Å². The van der Waals surface area contributed by atoms with Gasteiger partial charge in [-0.15, -0.1) is 0 Å². The van der Waals surface area contributed by atoms with Gasteiger partial charge in [0.05, 0.1) is 10.5 Å². The number of imide groups is 1. The average Bonchev–Trinajstić information content (AvgIpc) is 2.72. The fourth-order valence-corrected chi connectivity index (χ4v) is 3.39. The molecule has 0 radical (unpaired) electrons. The van der Waals surface area contributed by atoms with Gasteiger partial charge in [-0.3, -0.25) is 14.6 Å². The highest BCUT2D eigenvalue weighted by molar-refractivity contribution is 7.90. The summed E-state index contributed by atoms with van der Waals surface area (Å²) in [5.41, 5.74) is 0.731. The van der Waals surface area contributed by atoms with E-state index in [9.17, 15) is 18.0 Å². The first-order valence-corrected chi connectivity index (χ1v) is 7.52. The summed E-state index contributed by atoms with van der Waals surface area (Å²) in [4.78, 5) is 28.0. The molecule has 0 saturated carbocycles. The van der Waals surface area contributed by atoms with Crippen LogP contribution in [-0.4, -0.2) is 29.5 Å². The van der Waals surface area contributed by atoms with Crippen LogP contribution in [0, 0.1) is 6.92 Å². The molecule has 0 unspecified atom stereocenters. The number of fused-ring (bicyclic) bond motifs is 1. The highest BCUT2D eigenvalue weighted by Crippen LogP contribution is 2.27. The van der Waals surface area contributed by atoms with Crippen molar-refractivity contribution in [2.45, 2.75) is 11.8 Å². The number of rotatable bonds is 2. The molecule has 2 heterocycles. The number of hydrogen-bond acceptors (Lipinski definition) is 5. The van der Waals surface area contributed by atoms with Gasteiger partial charge >= 0.3 is 0 Å². The van der Waals surface area contributed by atoms with E-state index in [1.54, 1.807) is 12.1 Å². The molecule has 2 aromatic rings. The largest absolute Gasteiger partial charge is 0.294 e. The van der Waals surface area contributed by atoms with Crippen molar-refractivity contribution in [3.63, 3.8) is 0 Å². The maximum absolute atomic E-state index is 12.5. The summed E-state index contributed by atoms with van der Waals surface area (Å²) in [7, 11) is -4.23. The second-order valence-corrected chi connectivity index (χ2v) is 6.38. The van der Waals surface area contributed by atoms with Crippen LogP contribution in [-0.2, 0) is 10.0 Å². The van der Waals surface area contributed by atoms with Crippen LogP contribution in [0.1, 0.15) is 26.4 Å². The maximum Gasteiger partial charge on any atom is 0.294 e. The highest BCUT2D eigenvalue weighted by Gasteiger charge is 2.44. The fraction of sp³-hybridized carbons (Fsp3) is 0.0714. The van der Waals surface area contributed by atoms with E-state index in [2.05, 4.69) is 4.98 Å². The van der Waals surface area contributed by atoms with Crippen LogP contribution in [0.2, 0.25) is 0 Å². The van der Waals surface area contributed by atoms with Gasteiger partial charge in [0.15, 0.2) is 0 Å². The number of aromatic nitrogens is 1. The van der Waals surface area contributed by atoms with E-state index in [0.29, 0.717) is 0 Å². The Morgan fingerprint density at radius 3 is 2.29 bits per heavy atom. The van der Waals surface area contributed by atoms with Gasteiger partial charge in [-0.1, -0.05) is 17.7 Å². The van der Waals surface area contributed by atoms with Gasteiger partial charge in [0.25, 0.3) is 21.8 Å². The Labute approximate surface area is 121 Å². The lowest BCUT2D eigenvalue weighted by Gasteiger charge is -2.14. The quantitative estimate of drug-likeness (QED) is 0.782. The second-order valence-electron chi connectivity index (χ2n) is 4.59. The number of nitrogens with zero attached hydrogens (tertiary/aromatic N) is 2. The zero-order valence-electron chi connectivity index (χ0n) is 11.0. The number of sulfonamides is 1. The molecule has 3 rings (SSSR count). The number of hydrogen-bond donors (Lipinski definition) is 0. The van der Waals surface area contributed by atoms with Crippen molar-refractivity contribution < 1.29 is 18.0 Å². The highest BCUT2D eigenvalue weighted by atomic mass is 32.2. The molecule has 1 aromatic heterocycles. The number of carbonyl (C=O) groups excluding carboxylic acids is 2. The molecule has 0 spiro atoms. The maximum atomic E-state index is 12.5. The van der Waals surface area contributed by atoms with Crippen molar-refractivity contribution in [3.05, 3.63) is 59.4 Å². The first kappa shape index (κ1) is 13.4. The van der Waals surface area contributed by atoms with E-state index in [0.717, 1.165) is 5.56 Å². The lowest BCUT2D eigenvalue weighted by Crippen LogP contribution is -2.36. The normalized spacial score (nSPS) is 14.4. The van der Waals surface area contributed by atoms with Crippen molar-refractivity contribution in [3.8, 4) is 0 Å². The molecule has 0 fully saturated rings. The van der Waals surface area contributed by atoms with Crippen molar-refractivity contribution in [2.24, 2.45) is 0 Å². The molecule has 1 aromatic carbocycles. The Morgan fingerprint density at radius 1 is 1.00 bits per heavy atom. The molecule has 0 N–H and O–H groups in total. The van der Waals surface area contributed by atoms with Crippen molar-refractivity contribution in [1.82, 2.24) is 9.29 Å². The fourth-order valence-electron chi connectivity index (χ4n) is 2.08. The third-order valence-corrected chi connectivity index (χ3v) is 4.85. The number of aryl methyl sites for hydroxylation is 1. The molecule has 0 aliphatic carbocycles. The Morgan fingerprint density at radius 2 is 1.67 bits per heavy atom. The lowest BCUT2D eigenvalue weighted by atomic mass is 10.2. The van der Waals surface area contributed by atoms with E-state index in [1.165, 1.54) is 30.5 Å². The molecule has 1 aliphatic rings. The summed E-state index contributed by atoms with van der Waals surface area (Å²) in [6, 6.07) is 8.79. The topological polar surface area (TPSA) is 84.4 Å². The van der Waals surface area contributed by atoms with Crippen LogP contribution >= 0.6 is 0 Å². The Balaban J connectivity index is 2.12. The van der Waals surface area contributed by atoms with Gasteiger partial charge in [-0.2, -0.15) is 4.31 Å². The van der Waals surface area contributed by atoms with Gasteiger partial charge in [-0.25, -0.2) is 8.42 Å². The molecule has 0 bridgehead atoms. The summed E-state index contributed by atoms with van der Waals surface area (Å²) in [5, 5.41) is 0. The van der Waals surface area contributed by atoms with Gasteiger partial charge < -0.3 is 0 Å². The van der Waals surface area contributed by atoms with Crippen molar-refractivity contribution >= 4 is 21.8 Å². The standard InChI is InChI=1S/C14H10N2O4S/c1-9-4-6-10(7-5-9)21(19,20)16-13(17)11-3-2-8-15-12(11)14(16)18/h2-8H,1H3. The van der Waals surface area contributed by atoms with E-state index in [1.807, 2.05) is 6.92 Å². The molecule has 21 heavy (non-hydrogen) atoms. The van der Waals surface area contributed by atoms with Crippen LogP contribution in [0.3, 0.4) is 0 Å². The molecule has 1 aliphatic heterocycles. The second kappa shape index (κ2) is 4.49. The SMILES string of the molecule is Cc1ccc(S(=O)(=O)N2C(=O)c3cccnc3C2=O)cc1. The minimum Gasteiger partial charge on any atom is -0.267 e. The smallest absolute Gasteiger partial charge is 0.267 e. The monoisotopic (exact) mass is 302 g/mol. The first-order valence-electron chi connectivity index (χ1n) is 6.08. The Hall–Kier alpha value is -2.54. The van der Waals surface area contributed by atoms with Crippen LogP contribution in [0.5, 0.6) is 0 Å². The molecular weight excluding hydrogens is 292 g/mol. The molecule has 106 valence electrons. The molecule has 7 heteroatoms. The third-order valence-electron chi connectivity index (χ3n) is 3.17.